The number of hydrogen-bond acceptors (Lipinski definition) is 3. The first-order chi connectivity index (χ1) is 13.1. The Morgan fingerprint density at radius 1 is 0.852 bits per heavy atom. The van der Waals surface area contributed by atoms with Crippen LogP contribution < -0.4 is 4.90 Å². The molecule has 2 aromatic carbocycles. The number of fused-ring (bicyclic) bond motifs is 1. The van der Waals surface area contributed by atoms with Gasteiger partial charge in [0, 0.05) is 51.8 Å². The Kier molecular flexibility index (Phi) is 4.84. The third-order valence-corrected chi connectivity index (χ3v) is 5.65. The minimum absolute atomic E-state index is 0.0363. The fraction of sp³-hybridized carbons (Fsp3) is 0.364. The van der Waals surface area contributed by atoms with Crippen molar-refractivity contribution in [3.05, 3.63) is 65.7 Å². The molecule has 2 amide bonds. The van der Waals surface area contributed by atoms with Crippen molar-refractivity contribution < 1.29 is 9.59 Å². The third-order valence-electron chi connectivity index (χ3n) is 5.65. The molecule has 27 heavy (non-hydrogen) atoms. The highest BCUT2D eigenvalue weighted by atomic mass is 16.2. The van der Waals surface area contributed by atoms with Gasteiger partial charge in [-0.2, -0.15) is 0 Å². The summed E-state index contributed by atoms with van der Waals surface area (Å²) in [6.07, 6.45) is 0.605. The van der Waals surface area contributed by atoms with Gasteiger partial charge in [0.15, 0.2) is 0 Å². The summed E-state index contributed by atoms with van der Waals surface area (Å²) in [5, 5.41) is 0. The maximum absolute atomic E-state index is 13.2. The molecule has 5 nitrogen and oxygen atoms in total. The van der Waals surface area contributed by atoms with Crippen molar-refractivity contribution in [2.45, 2.75) is 25.9 Å². The van der Waals surface area contributed by atoms with E-state index in [1.54, 1.807) is 11.8 Å². The first-order valence-electron chi connectivity index (χ1n) is 9.56. The lowest BCUT2D eigenvalue weighted by Gasteiger charge is -2.41. The Labute approximate surface area is 160 Å². The van der Waals surface area contributed by atoms with Gasteiger partial charge in [0.05, 0.1) is 0 Å². The van der Waals surface area contributed by atoms with Crippen LogP contribution in [-0.4, -0.2) is 53.8 Å². The van der Waals surface area contributed by atoms with Crippen LogP contribution >= 0.6 is 0 Å². The van der Waals surface area contributed by atoms with Gasteiger partial charge in [-0.15, -0.1) is 0 Å². The minimum Gasteiger partial charge on any atom is -0.368 e. The number of benzene rings is 2. The number of hydrogen-bond donors (Lipinski definition) is 0. The standard InChI is InChI=1S/C22H25N3O2/c1-17(26)25-16-19-8-6-5-7-18(19)15-21(25)22(27)24-13-11-23(12-14-24)20-9-3-2-4-10-20/h2-10,21H,11-16H2,1H3/t21-/m0/s1. The van der Waals surface area contributed by atoms with E-state index in [1.165, 1.54) is 11.3 Å². The van der Waals surface area contributed by atoms with E-state index in [9.17, 15) is 9.59 Å². The number of nitrogens with zero attached hydrogens (tertiary/aromatic N) is 3. The van der Waals surface area contributed by atoms with Gasteiger partial charge in [-0.3, -0.25) is 9.59 Å². The van der Waals surface area contributed by atoms with Gasteiger partial charge >= 0.3 is 0 Å². The summed E-state index contributed by atoms with van der Waals surface area (Å²) >= 11 is 0. The highest BCUT2D eigenvalue weighted by Crippen LogP contribution is 2.25. The Hall–Kier alpha value is -2.82. The summed E-state index contributed by atoms with van der Waals surface area (Å²) in [5.41, 5.74) is 3.52. The summed E-state index contributed by atoms with van der Waals surface area (Å²) in [6.45, 7) is 5.10. The molecule has 1 fully saturated rings. The zero-order valence-corrected chi connectivity index (χ0v) is 15.7. The number of para-hydroxylation sites is 1. The van der Waals surface area contributed by atoms with Crippen molar-refractivity contribution in [1.29, 1.82) is 0 Å². The zero-order chi connectivity index (χ0) is 18.8. The first kappa shape index (κ1) is 17.6. The van der Waals surface area contributed by atoms with E-state index in [0.29, 0.717) is 26.1 Å². The topological polar surface area (TPSA) is 43.9 Å². The maximum atomic E-state index is 13.2. The van der Waals surface area contributed by atoms with Gasteiger partial charge < -0.3 is 14.7 Å². The van der Waals surface area contributed by atoms with E-state index in [-0.39, 0.29) is 17.9 Å². The molecule has 2 aliphatic heterocycles. The van der Waals surface area contributed by atoms with Crippen molar-refractivity contribution in [3.63, 3.8) is 0 Å². The van der Waals surface area contributed by atoms with Crippen molar-refractivity contribution in [1.82, 2.24) is 9.80 Å². The molecule has 1 atom stereocenters. The lowest BCUT2D eigenvalue weighted by Crippen LogP contribution is -2.57. The van der Waals surface area contributed by atoms with Crippen LogP contribution in [0.15, 0.2) is 54.6 Å². The molecular formula is C22H25N3O2. The van der Waals surface area contributed by atoms with Gasteiger partial charge in [0.1, 0.15) is 6.04 Å². The number of carbonyl (C=O) groups is 2. The molecule has 2 heterocycles. The third kappa shape index (κ3) is 3.54. The van der Waals surface area contributed by atoms with Gasteiger partial charge in [-0.1, -0.05) is 42.5 Å². The molecule has 0 unspecified atom stereocenters. The van der Waals surface area contributed by atoms with Crippen molar-refractivity contribution in [3.8, 4) is 0 Å². The maximum Gasteiger partial charge on any atom is 0.245 e. The SMILES string of the molecule is CC(=O)N1Cc2ccccc2C[C@H]1C(=O)N1CCN(c2ccccc2)CC1. The molecule has 2 aliphatic rings. The Morgan fingerprint density at radius 2 is 1.48 bits per heavy atom. The van der Waals surface area contributed by atoms with Crippen LogP contribution in [0.5, 0.6) is 0 Å². The van der Waals surface area contributed by atoms with E-state index >= 15 is 0 Å². The van der Waals surface area contributed by atoms with Crippen molar-refractivity contribution >= 4 is 17.5 Å². The van der Waals surface area contributed by atoms with E-state index in [2.05, 4.69) is 23.1 Å². The predicted molar refractivity (Wildman–Crippen MR) is 105 cm³/mol. The second-order valence-electron chi connectivity index (χ2n) is 7.28. The normalized spacial score (nSPS) is 19.6. The second-order valence-corrected chi connectivity index (χ2v) is 7.28. The molecule has 140 valence electrons. The molecule has 4 rings (SSSR count). The molecule has 0 aliphatic carbocycles. The molecule has 0 aromatic heterocycles. The van der Waals surface area contributed by atoms with E-state index in [0.717, 1.165) is 18.7 Å². The number of carbonyl (C=O) groups excluding carboxylic acids is 2. The molecule has 0 radical (unpaired) electrons. The molecule has 1 saturated heterocycles. The average Bonchev–Trinajstić information content (AvgIpc) is 2.73. The average molecular weight is 363 g/mol. The van der Waals surface area contributed by atoms with Gasteiger partial charge in [0.2, 0.25) is 11.8 Å². The predicted octanol–water partition coefficient (Wildman–Crippen LogP) is 2.31. The molecule has 0 bridgehead atoms. The lowest BCUT2D eigenvalue weighted by atomic mass is 9.93. The Morgan fingerprint density at radius 3 is 2.15 bits per heavy atom. The number of piperazine rings is 1. The van der Waals surface area contributed by atoms with Crippen LogP contribution in [0.3, 0.4) is 0 Å². The van der Waals surface area contributed by atoms with Crippen LogP contribution in [0.4, 0.5) is 5.69 Å². The van der Waals surface area contributed by atoms with Gasteiger partial charge in [-0.25, -0.2) is 0 Å². The van der Waals surface area contributed by atoms with Crippen molar-refractivity contribution in [2.24, 2.45) is 0 Å². The number of amides is 2. The molecule has 0 N–H and O–H groups in total. The number of anilines is 1. The smallest absolute Gasteiger partial charge is 0.245 e. The summed E-state index contributed by atoms with van der Waals surface area (Å²) < 4.78 is 0. The number of rotatable bonds is 2. The fourth-order valence-corrected chi connectivity index (χ4v) is 4.11. The Balaban J connectivity index is 1.46. The first-order valence-corrected chi connectivity index (χ1v) is 9.56. The molecule has 0 spiro atoms. The monoisotopic (exact) mass is 363 g/mol. The van der Waals surface area contributed by atoms with Crippen LogP contribution in [0.25, 0.3) is 0 Å². The van der Waals surface area contributed by atoms with Crippen LogP contribution in [0.2, 0.25) is 0 Å². The van der Waals surface area contributed by atoms with Crippen LogP contribution in [0.1, 0.15) is 18.1 Å². The van der Waals surface area contributed by atoms with Crippen molar-refractivity contribution in [2.75, 3.05) is 31.1 Å². The van der Waals surface area contributed by atoms with Gasteiger partial charge in [0.25, 0.3) is 0 Å². The molecule has 0 saturated carbocycles. The summed E-state index contributed by atoms with van der Waals surface area (Å²) in [6, 6.07) is 18.0. The highest BCUT2D eigenvalue weighted by molar-refractivity contribution is 5.88. The lowest BCUT2D eigenvalue weighted by molar-refractivity contribution is -0.146. The van der Waals surface area contributed by atoms with E-state index in [4.69, 9.17) is 0 Å². The molecule has 5 heteroatoms. The molecular weight excluding hydrogens is 338 g/mol. The quantitative estimate of drug-likeness (QED) is 0.822. The van der Waals surface area contributed by atoms with E-state index in [1.807, 2.05) is 41.3 Å². The zero-order valence-electron chi connectivity index (χ0n) is 15.7. The van der Waals surface area contributed by atoms with E-state index < -0.39 is 0 Å². The Bertz CT molecular complexity index is 828. The summed E-state index contributed by atoms with van der Waals surface area (Å²) in [7, 11) is 0. The van der Waals surface area contributed by atoms with Crippen LogP contribution in [-0.2, 0) is 22.6 Å². The fourth-order valence-electron chi connectivity index (χ4n) is 4.11. The highest BCUT2D eigenvalue weighted by Gasteiger charge is 2.36. The second kappa shape index (κ2) is 7.43. The van der Waals surface area contributed by atoms with Crippen LogP contribution in [0, 0.1) is 0 Å². The summed E-state index contributed by atoms with van der Waals surface area (Å²) in [5.74, 6) is 0.0400. The molecule has 2 aromatic rings. The largest absolute Gasteiger partial charge is 0.368 e. The summed E-state index contributed by atoms with van der Waals surface area (Å²) in [4.78, 5) is 31.4. The minimum atomic E-state index is -0.388. The van der Waals surface area contributed by atoms with Gasteiger partial charge in [-0.05, 0) is 23.3 Å².